The first-order valence-electron chi connectivity index (χ1n) is 4.55. The van der Waals surface area contributed by atoms with Gasteiger partial charge in [-0.2, -0.15) is 0 Å². The Morgan fingerprint density at radius 3 is 2.62 bits per heavy atom. The van der Waals surface area contributed by atoms with E-state index in [0.29, 0.717) is 5.56 Å². The lowest BCUT2D eigenvalue weighted by atomic mass is 10.1. The minimum Gasteiger partial charge on any atom is -0.468 e. The van der Waals surface area contributed by atoms with Crippen LogP contribution < -0.4 is 0 Å². The van der Waals surface area contributed by atoms with Crippen molar-refractivity contribution in [2.24, 2.45) is 0 Å². The number of benzene rings is 1. The minimum atomic E-state index is -0.807. The van der Waals surface area contributed by atoms with Crippen LogP contribution in [0.3, 0.4) is 0 Å². The monoisotopic (exact) mass is 242 g/mol. The molecule has 1 atom stereocenters. The molecule has 0 fully saturated rings. The number of esters is 1. The number of halogens is 1. The molecule has 1 aromatic carbocycles. The van der Waals surface area contributed by atoms with Crippen molar-refractivity contribution in [2.45, 2.75) is 12.2 Å². The molecule has 3 nitrogen and oxygen atoms in total. The van der Waals surface area contributed by atoms with Crippen LogP contribution in [-0.2, 0) is 14.3 Å². The lowest BCUT2D eigenvalue weighted by molar-refractivity contribution is -0.140. The molecule has 0 spiro atoms. The van der Waals surface area contributed by atoms with Crippen LogP contribution in [0.25, 0.3) is 0 Å². The summed E-state index contributed by atoms with van der Waals surface area (Å²) in [5, 5.41) is -1.03. The average Bonchev–Trinajstić information content (AvgIpc) is 2.24. The highest BCUT2D eigenvalue weighted by Crippen LogP contribution is 2.30. The van der Waals surface area contributed by atoms with Gasteiger partial charge in [0.25, 0.3) is 0 Å². The summed E-state index contributed by atoms with van der Waals surface area (Å²) in [6.07, 6.45) is 0. The number of carbonyl (C=O) groups excluding carboxylic acids is 2. The number of hydrogen-bond acceptors (Lipinski definition) is 4. The standard InChI is InChI=1S/C11H11FO3S/c1-7(13)16-10(11(14)15-2)8-4-3-5-9(12)6-8/h3-6,10H,1-2H3. The van der Waals surface area contributed by atoms with Gasteiger partial charge in [0.1, 0.15) is 11.1 Å². The molecule has 0 N–H and O–H groups in total. The van der Waals surface area contributed by atoms with Crippen LogP contribution in [-0.4, -0.2) is 18.2 Å². The molecule has 86 valence electrons. The van der Waals surface area contributed by atoms with Gasteiger partial charge >= 0.3 is 5.97 Å². The Bertz CT molecular complexity index is 406. The highest BCUT2D eigenvalue weighted by molar-refractivity contribution is 8.14. The van der Waals surface area contributed by atoms with E-state index in [1.54, 1.807) is 6.07 Å². The van der Waals surface area contributed by atoms with E-state index in [1.165, 1.54) is 32.2 Å². The van der Waals surface area contributed by atoms with E-state index < -0.39 is 17.0 Å². The van der Waals surface area contributed by atoms with Crippen LogP contribution >= 0.6 is 11.8 Å². The summed E-state index contributed by atoms with van der Waals surface area (Å²) < 4.78 is 17.6. The van der Waals surface area contributed by atoms with Gasteiger partial charge in [0.15, 0.2) is 5.12 Å². The van der Waals surface area contributed by atoms with Gasteiger partial charge in [0.05, 0.1) is 7.11 Å². The van der Waals surface area contributed by atoms with Gasteiger partial charge in [-0.15, -0.1) is 0 Å². The van der Waals surface area contributed by atoms with Crippen LogP contribution in [0.2, 0.25) is 0 Å². The zero-order chi connectivity index (χ0) is 12.1. The molecule has 0 heterocycles. The fourth-order valence-corrected chi connectivity index (χ4v) is 2.00. The summed E-state index contributed by atoms with van der Waals surface area (Å²) in [6.45, 7) is 1.35. The second kappa shape index (κ2) is 5.65. The summed E-state index contributed by atoms with van der Waals surface area (Å²) in [6, 6.07) is 5.57. The quantitative estimate of drug-likeness (QED) is 0.763. The number of methoxy groups -OCH3 is 1. The maximum absolute atomic E-state index is 13.0. The number of thioether (sulfide) groups is 1. The first-order valence-corrected chi connectivity index (χ1v) is 5.43. The van der Waals surface area contributed by atoms with Crippen molar-refractivity contribution in [2.75, 3.05) is 7.11 Å². The van der Waals surface area contributed by atoms with Gasteiger partial charge in [-0.05, 0) is 17.7 Å². The summed E-state index contributed by atoms with van der Waals surface area (Å²) in [5.41, 5.74) is 0.423. The van der Waals surface area contributed by atoms with Gasteiger partial charge in [0.2, 0.25) is 0 Å². The topological polar surface area (TPSA) is 43.4 Å². The first-order chi connectivity index (χ1) is 7.54. The van der Waals surface area contributed by atoms with Crippen molar-refractivity contribution in [3.63, 3.8) is 0 Å². The highest BCUT2D eigenvalue weighted by Gasteiger charge is 2.24. The third kappa shape index (κ3) is 3.34. The zero-order valence-corrected chi connectivity index (χ0v) is 9.71. The molecule has 0 amide bonds. The highest BCUT2D eigenvalue weighted by atomic mass is 32.2. The average molecular weight is 242 g/mol. The van der Waals surface area contributed by atoms with Gasteiger partial charge in [0, 0.05) is 6.92 Å². The molecule has 0 aliphatic heterocycles. The predicted molar refractivity (Wildman–Crippen MR) is 59.4 cm³/mol. The van der Waals surface area contributed by atoms with Crippen molar-refractivity contribution in [3.05, 3.63) is 35.6 Å². The number of rotatable bonds is 3. The second-order valence-electron chi connectivity index (χ2n) is 3.07. The van der Waals surface area contributed by atoms with E-state index in [2.05, 4.69) is 4.74 Å². The molecule has 0 saturated carbocycles. The van der Waals surface area contributed by atoms with Crippen molar-refractivity contribution < 1.29 is 18.7 Å². The largest absolute Gasteiger partial charge is 0.468 e. The van der Waals surface area contributed by atoms with E-state index in [9.17, 15) is 14.0 Å². The Morgan fingerprint density at radius 1 is 1.44 bits per heavy atom. The first kappa shape index (κ1) is 12.7. The molecule has 0 aliphatic rings. The van der Waals surface area contributed by atoms with E-state index in [1.807, 2.05) is 0 Å². The Kier molecular flexibility index (Phi) is 4.49. The summed E-state index contributed by atoms with van der Waals surface area (Å²) in [7, 11) is 1.23. The van der Waals surface area contributed by atoms with Gasteiger partial charge in [-0.1, -0.05) is 23.9 Å². The maximum atomic E-state index is 13.0. The van der Waals surface area contributed by atoms with E-state index in [-0.39, 0.29) is 5.12 Å². The van der Waals surface area contributed by atoms with Crippen molar-refractivity contribution in [1.29, 1.82) is 0 Å². The van der Waals surface area contributed by atoms with Gasteiger partial charge < -0.3 is 4.74 Å². The fraction of sp³-hybridized carbons (Fsp3) is 0.273. The van der Waals surface area contributed by atoms with Crippen molar-refractivity contribution in [3.8, 4) is 0 Å². The predicted octanol–water partition coefficient (Wildman–Crippen LogP) is 2.32. The molecule has 1 aromatic rings. The molecule has 0 radical (unpaired) electrons. The SMILES string of the molecule is COC(=O)C(SC(C)=O)c1cccc(F)c1. The Balaban J connectivity index is 3.00. The molecular formula is C11H11FO3S. The Morgan fingerprint density at radius 2 is 2.12 bits per heavy atom. The van der Waals surface area contributed by atoms with Crippen LogP contribution in [0.1, 0.15) is 17.7 Å². The lowest BCUT2D eigenvalue weighted by Gasteiger charge is -2.12. The van der Waals surface area contributed by atoms with Crippen molar-refractivity contribution >= 4 is 22.8 Å². The molecule has 5 heteroatoms. The van der Waals surface area contributed by atoms with E-state index in [0.717, 1.165) is 11.8 Å². The van der Waals surface area contributed by atoms with Crippen LogP contribution in [0.15, 0.2) is 24.3 Å². The molecule has 1 rings (SSSR count). The van der Waals surface area contributed by atoms with Crippen LogP contribution in [0.5, 0.6) is 0 Å². The third-order valence-corrected chi connectivity index (χ3v) is 2.88. The third-order valence-electron chi connectivity index (χ3n) is 1.85. The second-order valence-corrected chi connectivity index (χ2v) is 4.35. The molecule has 0 aliphatic carbocycles. The van der Waals surface area contributed by atoms with Crippen LogP contribution in [0, 0.1) is 5.82 Å². The molecule has 0 aromatic heterocycles. The van der Waals surface area contributed by atoms with Crippen LogP contribution in [0.4, 0.5) is 4.39 Å². The Labute approximate surface area is 97.0 Å². The maximum Gasteiger partial charge on any atom is 0.323 e. The normalized spacial score (nSPS) is 11.9. The summed E-state index contributed by atoms with van der Waals surface area (Å²) >= 11 is 0.814. The smallest absolute Gasteiger partial charge is 0.323 e. The van der Waals surface area contributed by atoms with Gasteiger partial charge in [-0.3, -0.25) is 9.59 Å². The molecule has 16 heavy (non-hydrogen) atoms. The van der Waals surface area contributed by atoms with E-state index >= 15 is 0 Å². The minimum absolute atomic E-state index is 0.223. The molecule has 1 unspecified atom stereocenters. The number of carbonyl (C=O) groups is 2. The number of ether oxygens (including phenoxy) is 1. The lowest BCUT2D eigenvalue weighted by Crippen LogP contribution is -2.12. The Hall–Kier alpha value is -1.36. The van der Waals surface area contributed by atoms with Crippen molar-refractivity contribution in [1.82, 2.24) is 0 Å². The molecular weight excluding hydrogens is 231 g/mol. The summed E-state index contributed by atoms with van der Waals surface area (Å²) in [4.78, 5) is 22.4. The fourth-order valence-electron chi connectivity index (χ4n) is 1.19. The van der Waals surface area contributed by atoms with Gasteiger partial charge in [-0.25, -0.2) is 4.39 Å². The number of hydrogen-bond donors (Lipinski definition) is 0. The summed E-state index contributed by atoms with van der Waals surface area (Å²) in [5.74, 6) is -1.01. The van der Waals surface area contributed by atoms with E-state index in [4.69, 9.17) is 0 Å². The molecule has 0 saturated heterocycles. The zero-order valence-electron chi connectivity index (χ0n) is 8.90. The molecule has 0 bridgehead atoms.